The van der Waals surface area contributed by atoms with E-state index in [0.29, 0.717) is 5.39 Å². The van der Waals surface area contributed by atoms with Crippen LogP contribution in [-0.2, 0) is 0 Å². The number of aromatic hydroxyl groups is 1. The summed E-state index contributed by atoms with van der Waals surface area (Å²) < 4.78 is 0.963. The normalized spacial score (nSPS) is 10.6. The first-order chi connectivity index (χ1) is 7.54. The van der Waals surface area contributed by atoms with Crippen molar-refractivity contribution < 1.29 is 9.90 Å². The lowest BCUT2D eigenvalue weighted by atomic mass is 10.2. The summed E-state index contributed by atoms with van der Waals surface area (Å²) in [6.07, 6.45) is 1.47. The van der Waals surface area contributed by atoms with Crippen LogP contribution in [0.2, 0.25) is 0 Å². The smallest absolute Gasteiger partial charge is 0.265 e. The third-order valence-electron chi connectivity index (χ3n) is 2.45. The summed E-state index contributed by atoms with van der Waals surface area (Å²) in [6.45, 7) is 2.76. The summed E-state index contributed by atoms with van der Waals surface area (Å²) in [5.74, 6) is -0.539. The Morgan fingerprint density at radius 3 is 2.81 bits per heavy atom. The molecule has 5 heteroatoms. The van der Waals surface area contributed by atoms with Crippen LogP contribution >= 0.6 is 0 Å². The van der Waals surface area contributed by atoms with Crippen LogP contribution in [0.5, 0.6) is 5.75 Å². The maximum Gasteiger partial charge on any atom is 0.265 e. The number of nitrogens with zero attached hydrogens (tertiary/aromatic N) is 2. The van der Waals surface area contributed by atoms with Gasteiger partial charge in [-0.3, -0.25) is 9.59 Å². The highest BCUT2D eigenvalue weighted by Gasteiger charge is 2.15. The minimum Gasteiger partial charge on any atom is -0.507 e. The van der Waals surface area contributed by atoms with Crippen molar-refractivity contribution in [3.63, 3.8) is 0 Å². The van der Waals surface area contributed by atoms with Gasteiger partial charge in [0.15, 0.2) is 5.65 Å². The van der Waals surface area contributed by atoms with Crippen LogP contribution in [0.15, 0.2) is 23.1 Å². The Morgan fingerprint density at radius 1 is 1.50 bits per heavy atom. The number of pyridine rings is 2. The zero-order valence-electron chi connectivity index (χ0n) is 8.89. The fourth-order valence-corrected chi connectivity index (χ4v) is 1.62. The van der Waals surface area contributed by atoms with Gasteiger partial charge in [0, 0.05) is 13.1 Å². The van der Waals surface area contributed by atoms with E-state index in [9.17, 15) is 14.7 Å². The highest BCUT2D eigenvalue weighted by Crippen LogP contribution is 2.23. The van der Waals surface area contributed by atoms with E-state index in [0.717, 1.165) is 4.57 Å². The van der Waals surface area contributed by atoms with Gasteiger partial charge in [-0.05, 0) is 19.1 Å². The zero-order chi connectivity index (χ0) is 11.9. The summed E-state index contributed by atoms with van der Waals surface area (Å²) in [5, 5.41) is 10.2. The maximum atomic E-state index is 11.8. The molecule has 0 radical (unpaired) electrons. The lowest BCUT2D eigenvalue weighted by molar-refractivity contribution is 0.0936. The van der Waals surface area contributed by atoms with Crippen LogP contribution in [0, 0.1) is 6.92 Å². The van der Waals surface area contributed by atoms with E-state index in [-0.39, 0.29) is 17.0 Å². The molecule has 0 unspecified atom stereocenters. The molecule has 1 N–H and O–H groups in total. The topological polar surface area (TPSA) is 72.2 Å². The predicted molar refractivity (Wildman–Crippen MR) is 58.7 cm³/mol. The number of fused-ring (bicyclic) bond motifs is 1. The number of carbonyl (C=O) groups excluding carboxylic acids is 1. The molecule has 0 spiro atoms. The minimum atomic E-state index is -0.531. The monoisotopic (exact) mass is 218 g/mol. The first-order valence-corrected chi connectivity index (χ1v) is 4.74. The van der Waals surface area contributed by atoms with Crippen molar-refractivity contribution in [3.8, 4) is 5.75 Å². The number of hydrogen-bond donors (Lipinski definition) is 1. The van der Waals surface area contributed by atoms with Crippen LogP contribution in [0.3, 0.4) is 0 Å². The van der Waals surface area contributed by atoms with E-state index in [1.54, 1.807) is 12.1 Å². The predicted octanol–water partition coefficient (Wildman–Crippen LogP) is 1.07. The van der Waals surface area contributed by atoms with Gasteiger partial charge in [-0.15, -0.1) is 0 Å². The molecule has 0 bridgehead atoms. The van der Waals surface area contributed by atoms with Gasteiger partial charge in [0.05, 0.1) is 10.9 Å². The van der Waals surface area contributed by atoms with Crippen molar-refractivity contribution >= 4 is 16.9 Å². The highest BCUT2D eigenvalue weighted by molar-refractivity contribution is 5.91. The van der Waals surface area contributed by atoms with E-state index in [2.05, 4.69) is 4.98 Å². The van der Waals surface area contributed by atoms with Gasteiger partial charge in [-0.2, -0.15) is 0 Å². The van der Waals surface area contributed by atoms with Gasteiger partial charge < -0.3 is 5.11 Å². The van der Waals surface area contributed by atoms with E-state index >= 15 is 0 Å². The molecule has 2 aromatic rings. The number of rotatable bonds is 0. The van der Waals surface area contributed by atoms with Crippen molar-refractivity contribution in [1.82, 2.24) is 9.55 Å². The molecular weight excluding hydrogens is 208 g/mol. The molecule has 2 heterocycles. The second-order valence-corrected chi connectivity index (χ2v) is 3.51. The average molecular weight is 218 g/mol. The summed E-state index contributed by atoms with van der Waals surface area (Å²) in [7, 11) is 0. The van der Waals surface area contributed by atoms with Crippen molar-refractivity contribution in [1.29, 1.82) is 0 Å². The second-order valence-electron chi connectivity index (χ2n) is 3.51. The van der Waals surface area contributed by atoms with Gasteiger partial charge >= 0.3 is 0 Å². The van der Waals surface area contributed by atoms with Gasteiger partial charge in [-0.1, -0.05) is 0 Å². The largest absolute Gasteiger partial charge is 0.507 e. The van der Waals surface area contributed by atoms with Crippen LogP contribution in [0.25, 0.3) is 11.0 Å². The van der Waals surface area contributed by atoms with Crippen molar-refractivity contribution in [2.45, 2.75) is 13.8 Å². The molecule has 0 aliphatic carbocycles. The van der Waals surface area contributed by atoms with Gasteiger partial charge in [-0.25, -0.2) is 9.55 Å². The number of hydrogen-bond acceptors (Lipinski definition) is 4. The summed E-state index contributed by atoms with van der Waals surface area (Å²) in [5.41, 5.74) is -0.199. The Labute approximate surface area is 91.0 Å². The van der Waals surface area contributed by atoms with Crippen LogP contribution in [-0.4, -0.2) is 20.6 Å². The molecule has 82 valence electrons. The average Bonchev–Trinajstić information content (AvgIpc) is 2.26. The summed E-state index contributed by atoms with van der Waals surface area (Å²) >= 11 is 0. The third kappa shape index (κ3) is 1.29. The Bertz CT molecular complexity index is 643. The quantitative estimate of drug-likeness (QED) is 0.717. The molecule has 0 fully saturated rings. The first kappa shape index (κ1) is 10.4. The van der Waals surface area contributed by atoms with Crippen molar-refractivity contribution in [2.24, 2.45) is 0 Å². The molecule has 0 saturated carbocycles. The van der Waals surface area contributed by atoms with Gasteiger partial charge in [0.25, 0.3) is 5.56 Å². The Kier molecular flexibility index (Phi) is 2.23. The molecule has 0 aliphatic heterocycles. The van der Waals surface area contributed by atoms with Crippen LogP contribution in [0.4, 0.5) is 0 Å². The molecule has 0 aliphatic rings. The highest BCUT2D eigenvalue weighted by atomic mass is 16.3. The van der Waals surface area contributed by atoms with Gasteiger partial charge in [0.1, 0.15) is 5.75 Å². The summed E-state index contributed by atoms with van der Waals surface area (Å²) in [4.78, 5) is 27.1. The summed E-state index contributed by atoms with van der Waals surface area (Å²) in [6, 6.07) is 3.25. The Hall–Kier alpha value is -2.17. The van der Waals surface area contributed by atoms with E-state index in [1.165, 1.54) is 20.0 Å². The third-order valence-corrected chi connectivity index (χ3v) is 2.45. The first-order valence-electron chi connectivity index (χ1n) is 4.74. The molecule has 5 nitrogen and oxygen atoms in total. The van der Waals surface area contributed by atoms with E-state index < -0.39 is 11.5 Å². The number of carbonyl (C=O) groups is 1. The van der Waals surface area contributed by atoms with Crippen LogP contribution < -0.4 is 5.56 Å². The molecule has 0 aromatic carbocycles. The zero-order valence-corrected chi connectivity index (χ0v) is 8.89. The van der Waals surface area contributed by atoms with E-state index in [4.69, 9.17) is 0 Å². The fourth-order valence-electron chi connectivity index (χ4n) is 1.62. The standard InChI is InChI=1S/C11H10N2O3/c1-6-9(15)8-4-3-5-12-10(8)13(7(2)14)11(6)16/h3-5,15H,1-2H3. The molecule has 0 atom stereocenters. The molecule has 0 saturated heterocycles. The van der Waals surface area contributed by atoms with Gasteiger partial charge in [0.2, 0.25) is 5.91 Å². The maximum absolute atomic E-state index is 11.8. The fraction of sp³-hybridized carbons (Fsp3) is 0.182. The lowest BCUT2D eigenvalue weighted by Gasteiger charge is -2.08. The SMILES string of the molecule is CC(=O)n1c(=O)c(C)c(O)c2cccnc21. The van der Waals surface area contributed by atoms with Crippen molar-refractivity contribution in [3.05, 3.63) is 34.2 Å². The molecule has 16 heavy (non-hydrogen) atoms. The molecular formula is C11H10N2O3. The Balaban J connectivity index is 3.10. The lowest BCUT2D eigenvalue weighted by Crippen LogP contribution is -2.27. The van der Waals surface area contributed by atoms with Crippen LogP contribution in [0.1, 0.15) is 17.3 Å². The molecule has 2 rings (SSSR count). The minimum absolute atomic E-state index is 0.120. The Morgan fingerprint density at radius 2 is 2.19 bits per heavy atom. The van der Waals surface area contributed by atoms with E-state index in [1.807, 2.05) is 0 Å². The van der Waals surface area contributed by atoms with Crippen molar-refractivity contribution in [2.75, 3.05) is 0 Å². The molecule has 0 amide bonds. The molecule has 2 aromatic heterocycles. The number of aromatic nitrogens is 2. The second kappa shape index (κ2) is 3.44.